The molecule has 0 aliphatic rings. The summed E-state index contributed by atoms with van der Waals surface area (Å²) in [6.07, 6.45) is 1.12. The Bertz CT molecular complexity index is 124. The Hall–Kier alpha value is -0.671. The van der Waals surface area contributed by atoms with Gasteiger partial charge >= 0.3 is 11.9 Å². The summed E-state index contributed by atoms with van der Waals surface area (Å²) in [5.41, 5.74) is 0. The molecule has 4 nitrogen and oxygen atoms in total. The number of carboxylic acid groups (broad SMARTS) is 2. The van der Waals surface area contributed by atoms with Gasteiger partial charge in [-0.3, -0.25) is 0 Å². The Morgan fingerprint density at radius 3 is 1.33 bits per heavy atom. The van der Waals surface area contributed by atoms with Crippen molar-refractivity contribution in [1.82, 2.24) is 0 Å². The maximum atomic E-state index is 9.55. The Labute approximate surface area is 64.5 Å². The van der Waals surface area contributed by atoms with E-state index in [4.69, 9.17) is 10.2 Å². The molecule has 0 bridgehead atoms. The predicted octanol–water partition coefficient (Wildman–Crippen LogP) is -0.291. The summed E-state index contributed by atoms with van der Waals surface area (Å²) in [5, 5.41) is 15.6. The maximum absolute atomic E-state index is 9.55. The van der Waals surface area contributed by atoms with Crippen LogP contribution in [0.5, 0.6) is 0 Å². The average Bonchev–Trinajstić information content (AvgIpc) is 1.61. The quantitative estimate of drug-likeness (QED) is 0.688. The first-order valence-electron chi connectivity index (χ1n) is 1.77. The predicted molar refractivity (Wildman–Crippen MR) is 24.4 cm³/mol. The first-order valence-corrected chi connectivity index (χ1v) is 1.77. The van der Waals surface area contributed by atoms with Gasteiger partial charge in [-0.25, -0.2) is 9.59 Å². The van der Waals surface area contributed by atoms with Crippen LogP contribution < -0.4 is 0 Å². The van der Waals surface area contributed by atoms with Gasteiger partial charge in [-0.05, 0) is 0 Å². The smallest absolute Gasteiger partial charge is 0.328 e. The van der Waals surface area contributed by atoms with Crippen molar-refractivity contribution in [1.29, 1.82) is 0 Å². The summed E-state index contributed by atoms with van der Waals surface area (Å²) in [7, 11) is 0. The van der Waals surface area contributed by atoms with Gasteiger partial charge in [0.25, 0.3) is 0 Å². The van der Waals surface area contributed by atoms with E-state index in [0.717, 1.165) is 0 Å². The zero-order valence-electron chi connectivity index (χ0n) is 4.20. The minimum absolute atomic E-state index is 0. The Morgan fingerprint density at radius 1 is 1.00 bits per heavy atom. The van der Waals surface area contributed by atoms with E-state index in [-0.39, 0.29) is 20.1 Å². The molecule has 1 radical (unpaired) electrons. The average molecular weight is 308 g/mol. The molecule has 0 aromatic carbocycles. The molecular formula is C4H4IrO4. The number of rotatable bonds is 2. The van der Waals surface area contributed by atoms with Gasteiger partial charge in [-0.1, -0.05) is 0 Å². The van der Waals surface area contributed by atoms with Gasteiger partial charge in [0.2, 0.25) is 0 Å². The van der Waals surface area contributed by atoms with Crippen molar-refractivity contribution in [3.8, 4) is 0 Å². The number of aliphatic carboxylic acids is 2. The standard InChI is InChI=1S/C4H4O4.Ir/c5-3(6)1-2-4(7)8;/h1-2H,(H,5,6)(H,7,8);/b2-1+;. The summed E-state index contributed by atoms with van der Waals surface area (Å²) in [4.78, 5) is 19.1. The molecule has 0 aliphatic carbocycles. The number of carbonyl (C=O) groups is 2. The molecule has 0 fully saturated rings. The third-order valence-electron chi connectivity index (χ3n) is 0.368. The third-order valence-corrected chi connectivity index (χ3v) is 0.368. The molecule has 0 amide bonds. The van der Waals surface area contributed by atoms with Crippen LogP contribution in [0.1, 0.15) is 0 Å². The molecule has 0 rings (SSSR count). The molecule has 0 spiro atoms. The molecule has 2 N–H and O–H groups in total. The normalized spacial score (nSPS) is 8.44. The van der Waals surface area contributed by atoms with Crippen LogP contribution in [-0.4, -0.2) is 22.2 Å². The van der Waals surface area contributed by atoms with Crippen LogP contribution in [0, 0.1) is 0 Å². The fourth-order valence-electron chi connectivity index (χ4n) is 0.143. The van der Waals surface area contributed by atoms with Crippen molar-refractivity contribution in [3.63, 3.8) is 0 Å². The van der Waals surface area contributed by atoms with Gasteiger partial charge in [0.05, 0.1) is 0 Å². The SMILES string of the molecule is O=C(O)/C=C/C(=O)O.[Ir]. The van der Waals surface area contributed by atoms with E-state index >= 15 is 0 Å². The van der Waals surface area contributed by atoms with Crippen LogP contribution in [0.25, 0.3) is 0 Å². The topological polar surface area (TPSA) is 74.6 Å². The zero-order chi connectivity index (χ0) is 6.57. The van der Waals surface area contributed by atoms with Gasteiger partial charge in [0, 0.05) is 32.3 Å². The van der Waals surface area contributed by atoms with Crippen molar-refractivity contribution in [2.75, 3.05) is 0 Å². The van der Waals surface area contributed by atoms with E-state index in [1.165, 1.54) is 0 Å². The van der Waals surface area contributed by atoms with Crippen LogP contribution in [0.3, 0.4) is 0 Å². The van der Waals surface area contributed by atoms with E-state index in [1.54, 1.807) is 0 Å². The molecule has 0 unspecified atom stereocenters. The van der Waals surface area contributed by atoms with Crippen LogP contribution in [0.4, 0.5) is 0 Å². The van der Waals surface area contributed by atoms with Crippen molar-refractivity contribution in [3.05, 3.63) is 12.2 Å². The Morgan fingerprint density at radius 2 is 1.22 bits per heavy atom. The second kappa shape index (κ2) is 5.47. The van der Waals surface area contributed by atoms with Gasteiger partial charge in [0.15, 0.2) is 0 Å². The molecular weight excluding hydrogens is 304 g/mol. The molecule has 53 valence electrons. The first-order chi connectivity index (χ1) is 3.63. The molecule has 0 aliphatic heterocycles. The van der Waals surface area contributed by atoms with Crippen LogP contribution in [0.15, 0.2) is 12.2 Å². The Kier molecular flexibility index (Phi) is 6.78. The van der Waals surface area contributed by atoms with E-state index < -0.39 is 11.9 Å². The summed E-state index contributed by atoms with van der Waals surface area (Å²) in [6, 6.07) is 0. The van der Waals surface area contributed by atoms with Crippen molar-refractivity contribution >= 4 is 11.9 Å². The molecule has 0 saturated heterocycles. The van der Waals surface area contributed by atoms with E-state index in [2.05, 4.69) is 0 Å². The van der Waals surface area contributed by atoms with Crippen LogP contribution >= 0.6 is 0 Å². The third kappa shape index (κ3) is 11.1. The molecule has 0 heterocycles. The summed E-state index contributed by atoms with van der Waals surface area (Å²) < 4.78 is 0. The fraction of sp³-hybridized carbons (Fsp3) is 0. The van der Waals surface area contributed by atoms with E-state index in [0.29, 0.717) is 12.2 Å². The number of carboxylic acids is 2. The molecule has 5 heteroatoms. The summed E-state index contributed by atoms with van der Waals surface area (Å²) in [5.74, 6) is -2.51. The van der Waals surface area contributed by atoms with Crippen molar-refractivity contribution in [2.24, 2.45) is 0 Å². The molecule has 0 aromatic heterocycles. The maximum Gasteiger partial charge on any atom is 0.328 e. The fourth-order valence-corrected chi connectivity index (χ4v) is 0.143. The van der Waals surface area contributed by atoms with Crippen LogP contribution in [-0.2, 0) is 29.7 Å². The monoisotopic (exact) mass is 309 g/mol. The van der Waals surface area contributed by atoms with Gasteiger partial charge in [-0.15, -0.1) is 0 Å². The second-order valence-electron chi connectivity index (χ2n) is 1.01. The Balaban J connectivity index is 0. The number of hydrogen-bond donors (Lipinski definition) is 2. The second-order valence-corrected chi connectivity index (χ2v) is 1.01. The zero-order valence-corrected chi connectivity index (χ0v) is 6.59. The first kappa shape index (κ1) is 11.2. The summed E-state index contributed by atoms with van der Waals surface area (Å²) in [6.45, 7) is 0. The molecule has 0 atom stereocenters. The number of hydrogen-bond acceptors (Lipinski definition) is 2. The van der Waals surface area contributed by atoms with Crippen LogP contribution in [0.2, 0.25) is 0 Å². The minimum atomic E-state index is -1.26. The minimum Gasteiger partial charge on any atom is -0.478 e. The molecule has 0 aromatic rings. The summed E-state index contributed by atoms with van der Waals surface area (Å²) >= 11 is 0. The van der Waals surface area contributed by atoms with Gasteiger partial charge in [-0.2, -0.15) is 0 Å². The largest absolute Gasteiger partial charge is 0.478 e. The van der Waals surface area contributed by atoms with Gasteiger partial charge < -0.3 is 10.2 Å². The molecule has 0 saturated carbocycles. The van der Waals surface area contributed by atoms with Crippen molar-refractivity contribution < 1.29 is 39.9 Å². The van der Waals surface area contributed by atoms with Gasteiger partial charge in [0.1, 0.15) is 0 Å². The molecule has 9 heavy (non-hydrogen) atoms. The van der Waals surface area contributed by atoms with E-state index in [1.807, 2.05) is 0 Å². The van der Waals surface area contributed by atoms with E-state index in [9.17, 15) is 9.59 Å². The van der Waals surface area contributed by atoms with Crippen molar-refractivity contribution in [2.45, 2.75) is 0 Å².